The monoisotopic (exact) mass is 364 g/mol. The standard InChI is InChI=1S/C6H14O12P2.Na.H/c7-4-3(1-16-19(10,11)12)18-6(9,5(4)8)2-17-20(13,14)15;;/h3-5,7-9H,1-2H2,(H2,10,11,12)(H2,13,14,15);;/q;+1;-1/t3-,4-,5+,6-;;/m1../s1. The van der Waals surface area contributed by atoms with Crippen LogP contribution in [0, 0.1) is 0 Å². The molecule has 0 aromatic carbocycles. The van der Waals surface area contributed by atoms with Crippen LogP contribution in [0.2, 0.25) is 0 Å². The fourth-order valence-electron chi connectivity index (χ4n) is 1.47. The van der Waals surface area contributed by atoms with Crippen LogP contribution in [0.25, 0.3) is 0 Å². The van der Waals surface area contributed by atoms with E-state index in [1.807, 2.05) is 0 Å². The molecule has 12 nitrogen and oxygen atoms in total. The van der Waals surface area contributed by atoms with Crippen LogP contribution < -0.4 is 29.6 Å². The van der Waals surface area contributed by atoms with E-state index in [0.29, 0.717) is 0 Å². The Bertz CT molecular complexity index is 439. The SMILES string of the molecule is O=P(O)(O)OC[C@H]1O[C@](O)(COP(=O)(O)O)[C@@H](O)[C@@H]1O.[H-].[Na+]. The van der Waals surface area contributed by atoms with Gasteiger partial charge in [-0.3, -0.25) is 9.05 Å². The minimum atomic E-state index is -4.96. The third kappa shape index (κ3) is 7.00. The molecular formula is C6H15NaO12P2. The Hall–Kier alpha value is 1.06. The summed E-state index contributed by atoms with van der Waals surface area (Å²) in [6, 6.07) is 0. The van der Waals surface area contributed by atoms with Crippen molar-refractivity contribution in [3.63, 3.8) is 0 Å². The molecule has 21 heavy (non-hydrogen) atoms. The van der Waals surface area contributed by atoms with Crippen molar-refractivity contribution in [1.29, 1.82) is 0 Å². The molecule has 0 aliphatic carbocycles. The number of phosphoric ester groups is 2. The molecule has 0 unspecified atom stereocenters. The van der Waals surface area contributed by atoms with Crippen LogP contribution in [0.1, 0.15) is 1.43 Å². The van der Waals surface area contributed by atoms with Crippen LogP contribution in [0.15, 0.2) is 0 Å². The molecule has 15 heteroatoms. The van der Waals surface area contributed by atoms with Gasteiger partial charge in [0.2, 0.25) is 5.79 Å². The molecular weight excluding hydrogens is 349 g/mol. The molecule has 0 saturated carbocycles. The molecule has 122 valence electrons. The molecule has 1 saturated heterocycles. The van der Waals surface area contributed by atoms with E-state index in [1.165, 1.54) is 0 Å². The van der Waals surface area contributed by atoms with Crippen molar-refractivity contribution >= 4 is 15.6 Å². The van der Waals surface area contributed by atoms with Crippen LogP contribution in [0.4, 0.5) is 0 Å². The average Bonchev–Trinajstić information content (AvgIpc) is 2.48. The van der Waals surface area contributed by atoms with Crippen LogP contribution in [0.3, 0.4) is 0 Å². The molecule has 1 fully saturated rings. The van der Waals surface area contributed by atoms with Crippen molar-refractivity contribution < 1.29 is 88.8 Å². The van der Waals surface area contributed by atoms with Gasteiger partial charge in [-0.25, -0.2) is 9.13 Å². The van der Waals surface area contributed by atoms with E-state index >= 15 is 0 Å². The zero-order valence-corrected chi connectivity index (χ0v) is 14.5. The molecule has 0 bridgehead atoms. The number of phosphoric acid groups is 2. The first kappa shape index (κ1) is 22.1. The first-order valence-electron chi connectivity index (χ1n) is 5.00. The van der Waals surface area contributed by atoms with Gasteiger partial charge in [0.25, 0.3) is 0 Å². The molecule has 0 radical (unpaired) electrons. The summed E-state index contributed by atoms with van der Waals surface area (Å²) in [5.74, 6) is -2.66. The smallest absolute Gasteiger partial charge is 1.00 e. The molecule has 1 aliphatic rings. The summed E-state index contributed by atoms with van der Waals surface area (Å²) in [5, 5.41) is 28.8. The Kier molecular flexibility index (Phi) is 8.15. The molecule has 1 rings (SSSR count). The maximum atomic E-state index is 10.5. The first-order valence-corrected chi connectivity index (χ1v) is 8.07. The van der Waals surface area contributed by atoms with Gasteiger partial charge in [0.1, 0.15) is 24.9 Å². The third-order valence-corrected chi connectivity index (χ3v) is 3.32. The third-order valence-electron chi connectivity index (χ3n) is 2.37. The van der Waals surface area contributed by atoms with Gasteiger partial charge in [-0.2, -0.15) is 0 Å². The van der Waals surface area contributed by atoms with E-state index in [2.05, 4.69) is 13.8 Å². The second kappa shape index (κ2) is 7.75. The predicted octanol–water partition coefficient (Wildman–Crippen LogP) is -5.87. The molecule has 1 heterocycles. The Morgan fingerprint density at radius 1 is 1.10 bits per heavy atom. The van der Waals surface area contributed by atoms with E-state index in [1.54, 1.807) is 0 Å². The number of ether oxygens (including phenoxy) is 1. The molecule has 1 aliphatic heterocycles. The van der Waals surface area contributed by atoms with Crippen LogP contribution in [-0.2, 0) is 22.9 Å². The van der Waals surface area contributed by atoms with Crippen molar-refractivity contribution in [3.8, 4) is 0 Å². The summed E-state index contributed by atoms with van der Waals surface area (Å²) in [6.07, 6.45) is -5.38. The maximum absolute atomic E-state index is 10.5. The Labute approximate surface area is 141 Å². The minimum Gasteiger partial charge on any atom is -1.00 e. The van der Waals surface area contributed by atoms with E-state index in [-0.39, 0.29) is 31.0 Å². The van der Waals surface area contributed by atoms with Crippen molar-refractivity contribution in [2.75, 3.05) is 13.2 Å². The fourth-order valence-corrected chi connectivity index (χ4v) is 2.17. The van der Waals surface area contributed by atoms with Crippen LogP contribution in [-0.4, -0.2) is 72.2 Å². The van der Waals surface area contributed by atoms with E-state index in [4.69, 9.17) is 19.6 Å². The summed E-state index contributed by atoms with van der Waals surface area (Å²) < 4.78 is 33.6. The quantitative estimate of drug-likeness (QED) is 0.174. The second-order valence-corrected chi connectivity index (χ2v) is 6.47. The van der Waals surface area contributed by atoms with Gasteiger partial charge in [-0.1, -0.05) is 0 Å². The van der Waals surface area contributed by atoms with Crippen molar-refractivity contribution in [3.05, 3.63) is 0 Å². The van der Waals surface area contributed by atoms with Crippen molar-refractivity contribution in [2.24, 2.45) is 0 Å². The van der Waals surface area contributed by atoms with Gasteiger partial charge >= 0.3 is 45.2 Å². The van der Waals surface area contributed by atoms with Crippen molar-refractivity contribution in [1.82, 2.24) is 0 Å². The first-order chi connectivity index (χ1) is 8.84. The normalized spacial score (nSPS) is 33.8. The van der Waals surface area contributed by atoms with Crippen molar-refractivity contribution in [2.45, 2.75) is 24.1 Å². The molecule has 7 N–H and O–H groups in total. The van der Waals surface area contributed by atoms with Crippen LogP contribution in [0.5, 0.6) is 0 Å². The predicted molar refractivity (Wildman–Crippen MR) is 58.9 cm³/mol. The number of aliphatic hydroxyl groups is 3. The zero-order chi connectivity index (χ0) is 15.8. The Balaban J connectivity index is 0. The number of aliphatic hydroxyl groups excluding tert-OH is 2. The maximum Gasteiger partial charge on any atom is 1.00 e. The van der Waals surface area contributed by atoms with E-state index in [9.17, 15) is 24.4 Å². The summed E-state index contributed by atoms with van der Waals surface area (Å²) in [7, 11) is -9.82. The average molecular weight is 364 g/mol. The number of hydrogen-bond donors (Lipinski definition) is 7. The van der Waals surface area contributed by atoms with Gasteiger partial charge in [0.05, 0.1) is 6.61 Å². The van der Waals surface area contributed by atoms with Gasteiger partial charge in [0.15, 0.2) is 0 Å². The molecule has 0 amide bonds. The second-order valence-electron chi connectivity index (χ2n) is 3.99. The van der Waals surface area contributed by atoms with E-state index < -0.39 is 53.0 Å². The van der Waals surface area contributed by atoms with Gasteiger partial charge in [0, 0.05) is 0 Å². The zero-order valence-electron chi connectivity index (χ0n) is 11.7. The fraction of sp³-hybridized carbons (Fsp3) is 1.00. The topological polar surface area (TPSA) is 203 Å². The van der Waals surface area contributed by atoms with Crippen LogP contribution >= 0.6 is 15.6 Å². The molecule has 0 aromatic rings. The summed E-state index contributed by atoms with van der Waals surface area (Å²) >= 11 is 0. The summed E-state index contributed by atoms with van der Waals surface area (Å²) in [5.41, 5.74) is 0. The number of rotatable bonds is 6. The molecule has 0 spiro atoms. The molecule has 0 aromatic heterocycles. The molecule has 4 atom stereocenters. The Morgan fingerprint density at radius 3 is 2.00 bits per heavy atom. The summed E-state index contributed by atoms with van der Waals surface area (Å²) in [4.78, 5) is 33.9. The van der Waals surface area contributed by atoms with Gasteiger partial charge in [-0.05, 0) is 0 Å². The van der Waals surface area contributed by atoms with E-state index in [0.717, 1.165) is 0 Å². The van der Waals surface area contributed by atoms with Gasteiger partial charge in [-0.15, -0.1) is 0 Å². The van der Waals surface area contributed by atoms with Gasteiger partial charge < -0.3 is 41.1 Å². The summed E-state index contributed by atoms with van der Waals surface area (Å²) in [6.45, 7) is -2.05. The number of hydrogen-bond acceptors (Lipinski definition) is 8. The minimum absolute atomic E-state index is 0. The largest absolute Gasteiger partial charge is 1.00 e. The Morgan fingerprint density at radius 2 is 1.57 bits per heavy atom.